The molecule has 8 heteroatoms. The van der Waals surface area contributed by atoms with E-state index >= 15 is 0 Å². The fourth-order valence-electron chi connectivity index (χ4n) is 3.39. The molecular weight excluding hydrogens is 400 g/mol. The van der Waals surface area contributed by atoms with Crippen molar-refractivity contribution in [1.82, 2.24) is 4.90 Å². The van der Waals surface area contributed by atoms with E-state index in [2.05, 4.69) is 30.9 Å². The van der Waals surface area contributed by atoms with Gasteiger partial charge in [-0.15, -0.1) is 22.7 Å². The molecule has 1 N–H and O–H groups in total. The van der Waals surface area contributed by atoms with E-state index in [1.54, 1.807) is 22.7 Å². The Morgan fingerprint density at radius 1 is 1.19 bits per heavy atom. The average molecular weight is 421 g/mol. The molecule has 2 aromatic heterocycles. The van der Waals surface area contributed by atoms with Crippen LogP contribution in [0.3, 0.4) is 0 Å². The molecule has 27 heavy (non-hydrogen) atoms. The topological polar surface area (TPSA) is 60.9 Å². The largest absolute Gasteiger partial charge is 0.395 e. The van der Waals surface area contributed by atoms with E-state index in [0.717, 1.165) is 26.5 Å². The third-order valence-electron chi connectivity index (χ3n) is 5.09. The lowest BCUT2D eigenvalue weighted by atomic mass is 9.84. The monoisotopic (exact) mass is 420 g/mol. The number of carbonyl (C=O) groups is 2. The van der Waals surface area contributed by atoms with Crippen LogP contribution in [0.15, 0.2) is 17.0 Å². The van der Waals surface area contributed by atoms with Gasteiger partial charge in [0.05, 0.1) is 21.4 Å². The second kappa shape index (κ2) is 6.48. The lowest BCUT2D eigenvalue weighted by Gasteiger charge is -2.20. The average Bonchev–Trinajstić information content (AvgIpc) is 3.32. The SMILES string of the molecule is CN1C(=O)S/C(=C/c2cc3c(s2)-c2sc(N(C)CCO)cc2C3(C)C)C1=O. The Morgan fingerprint density at radius 2 is 1.85 bits per heavy atom. The molecule has 0 bridgehead atoms. The summed E-state index contributed by atoms with van der Waals surface area (Å²) >= 11 is 4.40. The van der Waals surface area contributed by atoms with Gasteiger partial charge in [-0.25, -0.2) is 0 Å². The number of nitrogens with zero attached hydrogens (tertiary/aromatic N) is 2. The van der Waals surface area contributed by atoms with Crippen LogP contribution in [0.2, 0.25) is 0 Å². The highest BCUT2D eigenvalue weighted by atomic mass is 32.2. The molecule has 1 fully saturated rings. The van der Waals surface area contributed by atoms with Crippen LogP contribution in [-0.4, -0.2) is 48.4 Å². The van der Waals surface area contributed by atoms with Gasteiger partial charge in [0.2, 0.25) is 0 Å². The Morgan fingerprint density at radius 3 is 2.48 bits per heavy atom. The van der Waals surface area contributed by atoms with Crippen LogP contribution in [0.1, 0.15) is 29.9 Å². The number of carbonyl (C=O) groups excluding carboxylic acids is 2. The van der Waals surface area contributed by atoms with Crippen molar-refractivity contribution < 1.29 is 14.7 Å². The zero-order valence-corrected chi connectivity index (χ0v) is 18.0. The number of likely N-dealkylation sites (N-methyl/N-ethyl adjacent to an activating group) is 2. The molecule has 1 aliphatic carbocycles. The minimum absolute atomic E-state index is 0.105. The van der Waals surface area contributed by atoms with Gasteiger partial charge in [-0.3, -0.25) is 14.5 Å². The van der Waals surface area contributed by atoms with Gasteiger partial charge in [0.15, 0.2) is 0 Å². The van der Waals surface area contributed by atoms with Crippen LogP contribution in [0.5, 0.6) is 0 Å². The summed E-state index contributed by atoms with van der Waals surface area (Å²) in [6, 6.07) is 4.37. The molecule has 3 heterocycles. The zero-order valence-electron chi connectivity index (χ0n) is 15.5. The van der Waals surface area contributed by atoms with Crippen molar-refractivity contribution in [1.29, 1.82) is 0 Å². The van der Waals surface area contributed by atoms with E-state index in [0.29, 0.717) is 11.4 Å². The minimum Gasteiger partial charge on any atom is -0.395 e. The number of amides is 2. The fourth-order valence-corrected chi connectivity index (χ4v) is 7.01. The normalized spacial score (nSPS) is 19.1. The number of aliphatic hydroxyl groups excluding tert-OH is 1. The van der Waals surface area contributed by atoms with Gasteiger partial charge in [0.25, 0.3) is 11.1 Å². The van der Waals surface area contributed by atoms with E-state index in [4.69, 9.17) is 0 Å². The van der Waals surface area contributed by atoms with Crippen LogP contribution in [0, 0.1) is 0 Å². The predicted molar refractivity (Wildman–Crippen MR) is 114 cm³/mol. The summed E-state index contributed by atoms with van der Waals surface area (Å²) in [6.07, 6.45) is 1.83. The van der Waals surface area contributed by atoms with E-state index in [1.807, 2.05) is 13.1 Å². The molecule has 2 amide bonds. The molecule has 142 valence electrons. The lowest BCUT2D eigenvalue weighted by molar-refractivity contribution is -0.121. The smallest absolute Gasteiger partial charge is 0.293 e. The van der Waals surface area contributed by atoms with Crippen molar-refractivity contribution in [2.75, 3.05) is 32.1 Å². The third-order valence-corrected chi connectivity index (χ3v) is 8.55. The number of imide groups is 1. The van der Waals surface area contributed by atoms with E-state index in [-0.39, 0.29) is 23.2 Å². The number of hydrogen-bond donors (Lipinski definition) is 1. The van der Waals surface area contributed by atoms with Crippen molar-refractivity contribution >= 4 is 56.7 Å². The Balaban J connectivity index is 1.73. The third kappa shape index (κ3) is 2.86. The molecule has 0 radical (unpaired) electrons. The predicted octanol–water partition coefficient (Wildman–Crippen LogP) is 4.21. The first-order valence-electron chi connectivity index (χ1n) is 8.56. The lowest BCUT2D eigenvalue weighted by Crippen LogP contribution is -2.22. The molecule has 1 aliphatic heterocycles. The molecule has 0 unspecified atom stereocenters. The number of thioether (sulfide) groups is 1. The minimum atomic E-state index is -0.234. The first-order chi connectivity index (χ1) is 12.7. The van der Waals surface area contributed by atoms with Crippen molar-refractivity contribution in [3.63, 3.8) is 0 Å². The van der Waals surface area contributed by atoms with Crippen LogP contribution < -0.4 is 4.90 Å². The number of rotatable bonds is 4. The highest BCUT2D eigenvalue weighted by Crippen LogP contribution is 2.57. The Hall–Kier alpha value is -1.61. The number of thiophene rings is 2. The summed E-state index contributed by atoms with van der Waals surface area (Å²) in [7, 11) is 3.50. The highest BCUT2D eigenvalue weighted by molar-refractivity contribution is 8.18. The van der Waals surface area contributed by atoms with E-state index < -0.39 is 0 Å². The highest BCUT2D eigenvalue weighted by Gasteiger charge is 2.40. The summed E-state index contributed by atoms with van der Waals surface area (Å²) in [4.78, 5) is 31.1. The van der Waals surface area contributed by atoms with Crippen LogP contribution in [0.4, 0.5) is 9.80 Å². The maximum atomic E-state index is 12.2. The van der Waals surface area contributed by atoms with Gasteiger partial charge in [0.1, 0.15) is 0 Å². The zero-order chi connectivity index (χ0) is 19.5. The van der Waals surface area contributed by atoms with Gasteiger partial charge in [0, 0.05) is 35.8 Å². The van der Waals surface area contributed by atoms with Gasteiger partial charge in [-0.2, -0.15) is 0 Å². The molecule has 2 aliphatic rings. The summed E-state index contributed by atoms with van der Waals surface area (Å²) in [6.45, 7) is 5.17. The maximum absolute atomic E-state index is 12.2. The summed E-state index contributed by atoms with van der Waals surface area (Å²) in [5.74, 6) is -0.234. The molecule has 0 atom stereocenters. The van der Waals surface area contributed by atoms with Gasteiger partial charge >= 0.3 is 0 Å². The maximum Gasteiger partial charge on any atom is 0.293 e. The molecule has 1 saturated heterocycles. The Labute approximate surface area is 170 Å². The fraction of sp³-hybridized carbons (Fsp3) is 0.368. The second-order valence-corrected chi connectivity index (χ2v) is 10.3. The number of hydrogen-bond acceptors (Lipinski definition) is 7. The summed E-state index contributed by atoms with van der Waals surface area (Å²) in [5.41, 5.74) is 2.48. The Bertz CT molecular complexity index is 986. The summed E-state index contributed by atoms with van der Waals surface area (Å²) < 4.78 is 0. The van der Waals surface area contributed by atoms with Gasteiger partial charge in [-0.05, 0) is 41.1 Å². The first-order valence-corrected chi connectivity index (χ1v) is 11.0. The van der Waals surface area contributed by atoms with E-state index in [1.165, 1.54) is 27.9 Å². The van der Waals surface area contributed by atoms with Crippen LogP contribution in [-0.2, 0) is 10.2 Å². The number of fused-ring (bicyclic) bond motifs is 3. The first kappa shape index (κ1) is 18.7. The second-order valence-electron chi connectivity index (χ2n) is 7.23. The van der Waals surface area contributed by atoms with Crippen molar-refractivity contribution in [2.24, 2.45) is 0 Å². The Kier molecular flexibility index (Phi) is 4.50. The number of aliphatic hydroxyl groups is 1. The molecule has 5 nitrogen and oxygen atoms in total. The molecule has 0 spiro atoms. The molecule has 0 saturated carbocycles. The standard InChI is InChI=1S/C19H20N2O3S3/c1-19(2)11-7-10(8-13-17(23)21(4)18(24)26-13)25-15(11)16-12(19)9-14(27-16)20(3)5-6-22/h7-9,22H,5-6H2,1-4H3/b13-8+. The molecule has 2 aromatic rings. The quantitative estimate of drug-likeness (QED) is 0.751. The van der Waals surface area contributed by atoms with Gasteiger partial charge < -0.3 is 10.0 Å². The molecule has 0 aromatic carbocycles. The van der Waals surface area contributed by atoms with Gasteiger partial charge in [-0.1, -0.05) is 13.8 Å². The van der Waals surface area contributed by atoms with Crippen LogP contribution >= 0.6 is 34.4 Å². The summed E-state index contributed by atoms with van der Waals surface area (Å²) in [5, 5.41) is 10.1. The van der Waals surface area contributed by atoms with Crippen molar-refractivity contribution in [3.8, 4) is 9.75 Å². The number of anilines is 1. The van der Waals surface area contributed by atoms with Crippen LogP contribution in [0.25, 0.3) is 15.8 Å². The van der Waals surface area contributed by atoms with Crippen molar-refractivity contribution in [3.05, 3.63) is 33.0 Å². The molecular formula is C19H20N2O3S3. The van der Waals surface area contributed by atoms with Crippen molar-refractivity contribution in [2.45, 2.75) is 19.3 Å². The van der Waals surface area contributed by atoms with E-state index in [9.17, 15) is 14.7 Å². The molecule has 4 rings (SSSR count).